The molecule has 2 atom stereocenters. The summed E-state index contributed by atoms with van der Waals surface area (Å²) in [6.07, 6.45) is -2.12. The highest BCUT2D eigenvalue weighted by Gasteiger charge is 2.18. The molecule has 5 N–H and O–H groups in total. The molecule has 1 aromatic heterocycles. The van der Waals surface area contributed by atoms with Crippen LogP contribution in [0.2, 0.25) is 0 Å². The lowest BCUT2D eigenvalue weighted by atomic mass is 10.0. The minimum Gasteiger partial charge on any atom is -0.388 e. The van der Waals surface area contributed by atoms with Crippen LogP contribution in [-0.4, -0.2) is 33.8 Å². The number of aliphatic hydroxyl groups excluding tert-OH is 2. The lowest BCUT2D eigenvalue weighted by Crippen LogP contribution is -2.34. The van der Waals surface area contributed by atoms with Gasteiger partial charge in [-0.15, -0.1) is 11.3 Å². The van der Waals surface area contributed by atoms with Crippen molar-refractivity contribution >= 4 is 22.4 Å². The van der Waals surface area contributed by atoms with Crippen LogP contribution >= 0.6 is 11.3 Å². The molecule has 0 saturated heterocycles. The van der Waals surface area contributed by atoms with E-state index >= 15 is 0 Å². The van der Waals surface area contributed by atoms with Gasteiger partial charge in [0.1, 0.15) is 12.2 Å². The lowest BCUT2D eigenvalue weighted by Gasteiger charge is -2.18. The van der Waals surface area contributed by atoms with Gasteiger partial charge in [0, 0.05) is 24.4 Å². The summed E-state index contributed by atoms with van der Waals surface area (Å²) in [4.78, 5) is 15.0. The van der Waals surface area contributed by atoms with Crippen molar-refractivity contribution in [2.24, 2.45) is 0 Å². The number of nitrogen functional groups attached to an aromatic ring is 1. The first-order valence-corrected chi connectivity index (χ1v) is 7.27. The standard InChI is InChI=1S/C14H17N3O3S/c1-8(18)16-6-12(19)13(20)10-4-2-9(3-5-10)11-7-21-14(15)17-11/h2-5,7,12-13,19-20H,6H2,1H3,(H2,15,17)(H,16,18). The number of benzene rings is 1. The normalized spacial score (nSPS) is 13.7. The molecular weight excluding hydrogens is 290 g/mol. The first-order valence-electron chi connectivity index (χ1n) is 6.39. The summed E-state index contributed by atoms with van der Waals surface area (Å²) in [6, 6.07) is 7.04. The molecule has 6 nitrogen and oxygen atoms in total. The van der Waals surface area contributed by atoms with Crippen molar-refractivity contribution in [3.8, 4) is 11.3 Å². The summed E-state index contributed by atoms with van der Waals surface area (Å²) in [7, 11) is 0. The van der Waals surface area contributed by atoms with Gasteiger partial charge in [0.25, 0.3) is 0 Å². The van der Waals surface area contributed by atoms with Crippen LogP contribution in [0.4, 0.5) is 5.13 Å². The average Bonchev–Trinajstić information content (AvgIpc) is 2.90. The highest BCUT2D eigenvalue weighted by molar-refractivity contribution is 7.13. The number of carbonyl (C=O) groups is 1. The molecule has 2 unspecified atom stereocenters. The molecule has 0 aliphatic carbocycles. The monoisotopic (exact) mass is 307 g/mol. The maximum atomic E-state index is 10.8. The van der Waals surface area contributed by atoms with Crippen molar-refractivity contribution in [3.63, 3.8) is 0 Å². The molecule has 0 saturated carbocycles. The summed E-state index contributed by atoms with van der Waals surface area (Å²) in [6.45, 7) is 1.36. The van der Waals surface area contributed by atoms with Crippen LogP contribution in [0.3, 0.4) is 0 Å². The van der Waals surface area contributed by atoms with Crippen molar-refractivity contribution in [2.45, 2.75) is 19.1 Å². The number of nitrogens with two attached hydrogens (primary N) is 1. The number of nitrogens with one attached hydrogen (secondary N) is 1. The van der Waals surface area contributed by atoms with Gasteiger partial charge in [-0.25, -0.2) is 4.98 Å². The Hall–Kier alpha value is -1.96. The van der Waals surface area contributed by atoms with E-state index in [0.29, 0.717) is 10.7 Å². The molecule has 2 rings (SSSR count). The SMILES string of the molecule is CC(=O)NCC(O)C(O)c1ccc(-c2csc(N)n2)cc1. The smallest absolute Gasteiger partial charge is 0.216 e. The predicted molar refractivity (Wildman–Crippen MR) is 81.6 cm³/mol. The second kappa shape index (κ2) is 6.66. The number of anilines is 1. The van der Waals surface area contributed by atoms with Crippen LogP contribution in [0.15, 0.2) is 29.6 Å². The summed E-state index contributed by atoms with van der Waals surface area (Å²) in [5, 5.41) is 24.7. The predicted octanol–water partition coefficient (Wildman–Crippen LogP) is 0.923. The first-order chi connectivity index (χ1) is 9.97. The number of aromatic nitrogens is 1. The van der Waals surface area contributed by atoms with Crippen LogP contribution < -0.4 is 11.1 Å². The molecule has 1 amide bonds. The molecule has 1 aromatic carbocycles. The van der Waals surface area contributed by atoms with Crippen LogP contribution in [0, 0.1) is 0 Å². The Bertz CT molecular complexity index is 612. The van der Waals surface area contributed by atoms with Gasteiger partial charge >= 0.3 is 0 Å². The molecule has 0 spiro atoms. The number of nitrogens with zero attached hydrogens (tertiary/aromatic N) is 1. The zero-order chi connectivity index (χ0) is 15.4. The van der Waals surface area contributed by atoms with E-state index in [4.69, 9.17) is 5.73 Å². The molecule has 0 radical (unpaired) electrons. The quantitative estimate of drug-likeness (QED) is 0.657. The second-order valence-corrected chi connectivity index (χ2v) is 5.53. The second-order valence-electron chi connectivity index (χ2n) is 4.64. The number of hydrogen-bond donors (Lipinski definition) is 4. The molecule has 7 heteroatoms. The van der Waals surface area contributed by atoms with Gasteiger partial charge < -0.3 is 21.3 Å². The van der Waals surface area contributed by atoms with Crippen molar-refractivity contribution in [2.75, 3.05) is 12.3 Å². The fourth-order valence-electron chi connectivity index (χ4n) is 1.85. The van der Waals surface area contributed by atoms with E-state index in [0.717, 1.165) is 11.3 Å². The highest BCUT2D eigenvalue weighted by atomic mass is 32.1. The van der Waals surface area contributed by atoms with Crippen LogP contribution in [0.25, 0.3) is 11.3 Å². The van der Waals surface area contributed by atoms with E-state index in [1.807, 2.05) is 5.38 Å². The van der Waals surface area contributed by atoms with Gasteiger partial charge in [-0.1, -0.05) is 24.3 Å². The third kappa shape index (κ3) is 4.01. The zero-order valence-corrected chi connectivity index (χ0v) is 12.3. The van der Waals surface area contributed by atoms with E-state index in [1.165, 1.54) is 18.3 Å². The molecule has 0 aliphatic heterocycles. The highest BCUT2D eigenvalue weighted by Crippen LogP contribution is 2.25. The third-order valence-electron chi connectivity index (χ3n) is 2.99. The van der Waals surface area contributed by atoms with Crippen molar-refractivity contribution in [1.82, 2.24) is 10.3 Å². The fourth-order valence-corrected chi connectivity index (χ4v) is 2.43. The zero-order valence-electron chi connectivity index (χ0n) is 11.5. The van der Waals surface area contributed by atoms with Gasteiger partial charge in [-0.3, -0.25) is 4.79 Å². The summed E-state index contributed by atoms with van der Waals surface area (Å²) in [5.74, 6) is -0.252. The molecule has 0 aliphatic rings. The number of rotatable bonds is 5. The first kappa shape index (κ1) is 15.4. The van der Waals surface area contributed by atoms with Gasteiger partial charge in [-0.2, -0.15) is 0 Å². The number of amides is 1. The van der Waals surface area contributed by atoms with Crippen LogP contribution in [0.5, 0.6) is 0 Å². The summed E-state index contributed by atoms with van der Waals surface area (Å²) in [5.41, 5.74) is 7.82. The Labute approximate surface area is 126 Å². The molecule has 0 fully saturated rings. The van der Waals surface area contributed by atoms with E-state index < -0.39 is 12.2 Å². The Balaban J connectivity index is 2.06. The molecule has 0 bridgehead atoms. The molecule has 112 valence electrons. The molecule has 21 heavy (non-hydrogen) atoms. The van der Waals surface area contributed by atoms with Gasteiger partial charge in [0.2, 0.25) is 5.91 Å². The molecule has 2 aromatic rings. The Kier molecular flexibility index (Phi) is 4.89. The number of hydrogen-bond acceptors (Lipinski definition) is 6. The topological polar surface area (TPSA) is 108 Å². The maximum absolute atomic E-state index is 10.8. The molecule has 1 heterocycles. The van der Waals surface area contributed by atoms with Gasteiger partial charge in [0.15, 0.2) is 5.13 Å². The van der Waals surface area contributed by atoms with E-state index in [9.17, 15) is 15.0 Å². The summed E-state index contributed by atoms with van der Waals surface area (Å²) < 4.78 is 0. The Morgan fingerprint density at radius 1 is 1.38 bits per heavy atom. The largest absolute Gasteiger partial charge is 0.388 e. The third-order valence-corrected chi connectivity index (χ3v) is 3.67. The average molecular weight is 307 g/mol. The van der Waals surface area contributed by atoms with Crippen molar-refractivity contribution < 1.29 is 15.0 Å². The summed E-state index contributed by atoms with van der Waals surface area (Å²) >= 11 is 1.36. The van der Waals surface area contributed by atoms with E-state index in [1.54, 1.807) is 24.3 Å². The van der Waals surface area contributed by atoms with E-state index in [2.05, 4.69) is 10.3 Å². The van der Waals surface area contributed by atoms with Crippen LogP contribution in [-0.2, 0) is 4.79 Å². The fraction of sp³-hybridized carbons (Fsp3) is 0.286. The number of carbonyl (C=O) groups excluding carboxylic acids is 1. The molecular formula is C14H17N3O3S. The van der Waals surface area contributed by atoms with Crippen molar-refractivity contribution in [1.29, 1.82) is 0 Å². The maximum Gasteiger partial charge on any atom is 0.216 e. The van der Waals surface area contributed by atoms with Crippen LogP contribution in [0.1, 0.15) is 18.6 Å². The Morgan fingerprint density at radius 3 is 2.57 bits per heavy atom. The minimum absolute atomic E-state index is 0.000864. The number of aliphatic hydroxyl groups is 2. The number of thiazole rings is 1. The minimum atomic E-state index is -1.06. The van der Waals surface area contributed by atoms with Gasteiger partial charge in [-0.05, 0) is 5.56 Å². The van der Waals surface area contributed by atoms with Gasteiger partial charge in [0.05, 0.1) is 5.69 Å². The van der Waals surface area contributed by atoms with Crippen molar-refractivity contribution in [3.05, 3.63) is 35.2 Å². The van der Waals surface area contributed by atoms with E-state index in [-0.39, 0.29) is 12.5 Å². The Morgan fingerprint density at radius 2 is 2.05 bits per heavy atom. The lowest BCUT2D eigenvalue weighted by molar-refractivity contribution is -0.119.